The maximum absolute atomic E-state index is 18.8. The molecule has 12 rings (SSSR count). The summed E-state index contributed by atoms with van der Waals surface area (Å²) in [5.74, 6) is 1.56. The van der Waals surface area contributed by atoms with E-state index in [2.05, 4.69) is 166 Å². The monoisotopic (exact) mass is 829 g/mol. The molecule has 0 bridgehead atoms. The summed E-state index contributed by atoms with van der Waals surface area (Å²) in [5, 5.41) is 7.07. The first-order valence-corrected chi connectivity index (χ1v) is 23.4. The van der Waals surface area contributed by atoms with Gasteiger partial charge in [0.05, 0.1) is 22.1 Å². The molecule has 0 spiro atoms. The first-order chi connectivity index (χ1) is 31.1. The van der Waals surface area contributed by atoms with Crippen molar-refractivity contribution in [3.8, 4) is 17.1 Å². The van der Waals surface area contributed by atoms with Crippen LogP contribution in [-0.2, 0) is 7.05 Å². The van der Waals surface area contributed by atoms with Gasteiger partial charge >= 0.3 is 0 Å². The molecular weight excluding hydrogens is 790 g/mol. The number of halogens is 1. The number of rotatable bonds is 7. The first kappa shape index (κ1) is 36.9. The quantitative estimate of drug-likeness (QED) is 0.150. The van der Waals surface area contributed by atoms with E-state index in [1.54, 1.807) is 0 Å². The Morgan fingerprint density at radius 3 is 1.95 bits per heavy atom. The van der Waals surface area contributed by atoms with Crippen molar-refractivity contribution in [3.63, 3.8) is 0 Å². The van der Waals surface area contributed by atoms with E-state index in [1.807, 2.05) is 73.9 Å². The van der Waals surface area contributed by atoms with Crippen LogP contribution in [0.2, 0.25) is 0 Å². The molecule has 8 aromatic carbocycles. The molecule has 1 aliphatic rings. The van der Waals surface area contributed by atoms with E-state index in [1.165, 1.54) is 20.7 Å². The van der Waals surface area contributed by atoms with Crippen LogP contribution in [0, 0.1) is 0 Å². The van der Waals surface area contributed by atoms with Crippen molar-refractivity contribution in [2.24, 2.45) is 7.05 Å². The van der Waals surface area contributed by atoms with Gasteiger partial charge in [0.25, 0.3) is 0 Å². The number of anilines is 3. The predicted molar refractivity (Wildman–Crippen MR) is 260 cm³/mol. The van der Waals surface area contributed by atoms with Crippen molar-refractivity contribution in [1.82, 2.24) is 19.1 Å². The highest BCUT2D eigenvalue weighted by molar-refractivity contribution is 7.22. The van der Waals surface area contributed by atoms with Gasteiger partial charge in [-0.2, -0.15) is 0 Å². The molecule has 0 saturated heterocycles. The number of aryl methyl sites for hydroxylation is 1. The molecule has 1 atom stereocenters. The second kappa shape index (κ2) is 14.6. The minimum atomic E-state index is -3.25. The Morgan fingerprint density at radius 1 is 0.571 bits per heavy atom. The SMILES string of the molecule is Cn1c(-c2cccc(C(F)c3cc4c(c5c6ccccc6n(-c6ccccc6)c35)[Si](c3ccccc3)(c3ccccc3)c3ccccc3N4c3ccccn3)c2)nc2ccccc21. The van der Waals surface area contributed by atoms with Crippen molar-refractivity contribution in [2.75, 3.05) is 4.90 Å². The van der Waals surface area contributed by atoms with Crippen molar-refractivity contribution in [1.29, 1.82) is 0 Å². The van der Waals surface area contributed by atoms with Crippen LogP contribution < -0.4 is 25.6 Å². The third kappa shape index (κ3) is 5.53. The van der Waals surface area contributed by atoms with E-state index in [9.17, 15) is 0 Å². The number of aromatic nitrogens is 4. The predicted octanol–water partition coefficient (Wildman–Crippen LogP) is 11.0. The van der Waals surface area contributed by atoms with Crippen LogP contribution in [0.4, 0.5) is 21.6 Å². The minimum absolute atomic E-state index is 0.556. The van der Waals surface area contributed by atoms with Crippen LogP contribution in [0.15, 0.2) is 219 Å². The topological polar surface area (TPSA) is 38.9 Å². The lowest BCUT2D eigenvalue weighted by atomic mass is 9.96. The Bertz CT molecular complexity index is 3460. The molecule has 0 saturated carbocycles. The van der Waals surface area contributed by atoms with E-state index in [0.717, 1.165) is 67.1 Å². The molecule has 0 N–H and O–H groups in total. The highest BCUT2D eigenvalue weighted by atomic mass is 28.3. The van der Waals surface area contributed by atoms with Gasteiger partial charge in [0.15, 0.2) is 14.2 Å². The summed E-state index contributed by atoms with van der Waals surface area (Å²) in [6.07, 6.45) is 0.322. The molecule has 0 radical (unpaired) electrons. The maximum atomic E-state index is 18.8. The van der Waals surface area contributed by atoms with Gasteiger partial charge in [0.2, 0.25) is 0 Å². The summed E-state index contributed by atoms with van der Waals surface area (Å²) in [7, 11) is -1.23. The zero-order valence-corrected chi connectivity index (χ0v) is 35.5. The Kier molecular flexibility index (Phi) is 8.59. The number of imidazole rings is 1. The van der Waals surface area contributed by atoms with E-state index in [4.69, 9.17) is 9.97 Å². The molecule has 7 heteroatoms. The number of hydrogen-bond acceptors (Lipinski definition) is 3. The van der Waals surface area contributed by atoms with Gasteiger partial charge in [-0.1, -0.05) is 152 Å². The number of fused-ring (bicyclic) bond motifs is 7. The summed E-state index contributed by atoms with van der Waals surface area (Å²) in [5.41, 5.74) is 8.73. The Labute approximate surface area is 365 Å². The summed E-state index contributed by atoms with van der Waals surface area (Å²) >= 11 is 0. The number of benzene rings is 8. The van der Waals surface area contributed by atoms with Crippen LogP contribution >= 0.6 is 0 Å². The van der Waals surface area contributed by atoms with Crippen LogP contribution in [0.25, 0.3) is 49.9 Å². The molecule has 1 aliphatic heterocycles. The lowest BCUT2D eigenvalue weighted by Crippen LogP contribution is -2.77. The van der Waals surface area contributed by atoms with Gasteiger partial charge in [-0.3, -0.25) is 4.90 Å². The minimum Gasteiger partial charge on any atom is -0.327 e. The fourth-order valence-corrected chi connectivity index (χ4v) is 15.6. The first-order valence-electron chi connectivity index (χ1n) is 21.4. The number of nitrogens with zero attached hydrogens (tertiary/aromatic N) is 5. The van der Waals surface area contributed by atoms with Crippen molar-refractivity contribution in [2.45, 2.75) is 6.17 Å². The molecule has 0 aliphatic carbocycles. The van der Waals surface area contributed by atoms with E-state index in [-0.39, 0.29) is 0 Å². The normalized spacial score (nSPS) is 13.6. The van der Waals surface area contributed by atoms with Gasteiger partial charge in [-0.15, -0.1) is 0 Å². The third-order valence-corrected chi connectivity index (χ3v) is 17.8. The molecule has 0 fully saturated rings. The van der Waals surface area contributed by atoms with Gasteiger partial charge in [-0.05, 0) is 87.0 Å². The van der Waals surface area contributed by atoms with E-state index in [0.29, 0.717) is 11.1 Å². The second-order valence-electron chi connectivity index (χ2n) is 16.3. The standard InChI is InChI=1S/C56H40FN5Si/c1-60-47-31-14-12-29-45(47)59-56(60)39-21-19-20-38(36-39)53(57)44-37-49-55(52-43-28-11-13-30-46(43)61(54(44)52)40-22-5-2-6-23-40)63(41-24-7-3-8-25-41,42-26-9-4-10-27-42)50-33-16-15-32-48(50)62(49)51-34-17-18-35-58-51/h2-37,53H,1H3. The molecule has 4 heterocycles. The number of para-hydroxylation sites is 5. The smallest absolute Gasteiger partial charge is 0.184 e. The molecule has 0 amide bonds. The summed E-state index contributed by atoms with van der Waals surface area (Å²) in [4.78, 5) is 12.3. The molecule has 300 valence electrons. The largest absolute Gasteiger partial charge is 0.327 e. The second-order valence-corrected chi connectivity index (χ2v) is 20.0. The van der Waals surface area contributed by atoms with Crippen LogP contribution in [-0.4, -0.2) is 27.2 Å². The van der Waals surface area contributed by atoms with Gasteiger partial charge in [0, 0.05) is 52.2 Å². The van der Waals surface area contributed by atoms with Crippen molar-refractivity contribution >= 4 is 78.9 Å². The Morgan fingerprint density at radius 2 is 1.22 bits per heavy atom. The highest BCUT2D eigenvalue weighted by Crippen LogP contribution is 2.46. The van der Waals surface area contributed by atoms with Crippen molar-refractivity contribution in [3.05, 3.63) is 230 Å². The maximum Gasteiger partial charge on any atom is 0.184 e. The fourth-order valence-electron chi connectivity index (χ4n) is 10.3. The molecular formula is C56H40FN5Si. The lowest BCUT2D eigenvalue weighted by molar-refractivity contribution is 0.404. The zero-order valence-electron chi connectivity index (χ0n) is 34.5. The zero-order chi connectivity index (χ0) is 42.1. The van der Waals surface area contributed by atoms with Crippen LogP contribution in [0.3, 0.4) is 0 Å². The molecule has 11 aromatic rings. The van der Waals surface area contributed by atoms with Crippen LogP contribution in [0.5, 0.6) is 0 Å². The summed E-state index contributed by atoms with van der Waals surface area (Å²) < 4.78 is 23.2. The number of alkyl halides is 1. The van der Waals surface area contributed by atoms with Crippen LogP contribution in [0.1, 0.15) is 17.3 Å². The fraction of sp³-hybridized carbons (Fsp3) is 0.0357. The van der Waals surface area contributed by atoms with Crippen molar-refractivity contribution < 1.29 is 4.39 Å². The molecule has 1 unspecified atom stereocenters. The summed E-state index contributed by atoms with van der Waals surface area (Å²) in [6.45, 7) is 0. The van der Waals surface area contributed by atoms with Gasteiger partial charge in [-0.25, -0.2) is 14.4 Å². The molecule has 3 aromatic heterocycles. The average Bonchev–Trinajstić information content (AvgIpc) is 3.89. The number of hydrogen-bond donors (Lipinski definition) is 0. The van der Waals surface area contributed by atoms with E-state index < -0.39 is 14.2 Å². The summed E-state index contributed by atoms with van der Waals surface area (Å²) in [6, 6.07) is 74.1. The molecule has 63 heavy (non-hydrogen) atoms. The van der Waals surface area contributed by atoms with E-state index >= 15 is 4.39 Å². The molecule has 5 nitrogen and oxygen atoms in total. The Balaban J connectivity index is 1.26. The average molecular weight is 830 g/mol. The number of pyridine rings is 1. The third-order valence-electron chi connectivity index (χ3n) is 12.9. The lowest BCUT2D eigenvalue weighted by Gasteiger charge is -2.45. The van der Waals surface area contributed by atoms with Gasteiger partial charge in [0.1, 0.15) is 11.6 Å². The van der Waals surface area contributed by atoms with Gasteiger partial charge < -0.3 is 9.13 Å². The Hall–Kier alpha value is -7.87. The highest BCUT2D eigenvalue weighted by Gasteiger charge is 2.51.